The quantitative estimate of drug-likeness (QED) is 0.702. The van der Waals surface area contributed by atoms with Gasteiger partial charge in [-0.3, -0.25) is 4.79 Å². The Morgan fingerprint density at radius 3 is 2.52 bits per heavy atom. The van der Waals surface area contributed by atoms with Gasteiger partial charge >= 0.3 is 0 Å². The molecular weight excluding hydrogens is 336 g/mol. The minimum Gasteiger partial charge on any atom is -0.368 e. The lowest BCUT2D eigenvalue weighted by molar-refractivity contribution is 0.102. The van der Waals surface area contributed by atoms with E-state index in [2.05, 4.69) is 33.0 Å². The first-order valence-electron chi connectivity index (χ1n) is 7.89. The molecule has 2 N–H and O–H groups in total. The van der Waals surface area contributed by atoms with Crippen LogP contribution in [-0.2, 0) is 6.42 Å². The molecule has 6 heteroatoms. The number of hydrogen-bond donors (Lipinski definition) is 2. The zero-order valence-corrected chi connectivity index (χ0v) is 14.2. The van der Waals surface area contributed by atoms with Gasteiger partial charge in [0.1, 0.15) is 5.82 Å². The second kappa shape index (κ2) is 8.26. The Morgan fingerprint density at radius 2 is 1.80 bits per heavy atom. The van der Waals surface area contributed by atoms with E-state index in [0.717, 1.165) is 13.0 Å². The summed E-state index contributed by atoms with van der Waals surface area (Å²) in [5.41, 5.74) is 2.11. The number of anilines is 2. The zero-order valence-electron chi connectivity index (χ0n) is 13.4. The topological polar surface area (TPSA) is 66.9 Å². The lowest BCUT2D eigenvalue weighted by Crippen LogP contribution is -2.15. The van der Waals surface area contributed by atoms with Crippen LogP contribution >= 0.6 is 11.6 Å². The van der Waals surface area contributed by atoms with Gasteiger partial charge in [0, 0.05) is 17.3 Å². The average molecular weight is 353 g/mol. The third-order valence-electron chi connectivity index (χ3n) is 3.54. The average Bonchev–Trinajstić information content (AvgIpc) is 2.63. The minimum absolute atomic E-state index is 0.244. The maximum atomic E-state index is 12.2. The number of hydrogen-bond acceptors (Lipinski definition) is 4. The van der Waals surface area contributed by atoms with Crippen LogP contribution in [0.15, 0.2) is 66.7 Å². The van der Waals surface area contributed by atoms with Crippen molar-refractivity contribution in [1.29, 1.82) is 0 Å². The van der Waals surface area contributed by atoms with Crippen LogP contribution in [0.3, 0.4) is 0 Å². The Labute approximate surface area is 151 Å². The number of carbonyl (C=O) groups excluding carboxylic acids is 1. The molecule has 0 aliphatic heterocycles. The lowest BCUT2D eigenvalue weighted by Gasteiger charge is -2.07. The van der Waals surface area contributed by atoms with E-state index in [0.29, 0.717) is 16.5 Å². The summed E-state index contributed by atoms with van der Waals surface area (Å²) >= 11 is 5.90. The first-order chi connectivity index (χ1) is 12.2. The molecule has 3 rings (SSSR count). The van der Waals surface area contributed by atoms with Crippen LogP contribution < -0.4 is 10.6 Å². The van der Waals surface area contributed by atoms with E-state index in [-0.39, 0.29) is 11.6 Å². The molecule has 0 saturated carbocycles. The van der Waals surface area contributed by atoms with Crippen molar-refractivity contribution in [3.8, 4) is 0 Å². The molecule has 0 radical (unpaired) electrons. The SMILES string of the molecule is O=C(Nc1cccc(Cl)c1)c1ccc(NCCc2ccccc2)nn1. The Bertz CT molecular complexity index is 838. The third kappa shape index (κ3) is 5.02. The van der Waals surface area contributed by atoms with Gasteiger partial charge < -0.3 is 10.6 Å². The Hall–Kier alpha value is -2.92. The van der Waals surface area contributed by atoms with Gasteiger partial charge in [-0.15, -0.1) is 10.2 Å². The van der Waals surface area contributed by atoms with Crippen LogP contribution in [0.5, 0.6) is 0 Å². The number of rotatable bonds is 6. The molecule has 2 aromatic carbocycles. The van der Waals surface area contributed by atoms with E-state index < -0.39 is 0 Å². The number of amides is 1. The normalized spacial score (nSPS) is 10.3. The predicted molar refractivity (Wildman–Crippen MR) is 100 cm³/mol. The van der Waals surface area contributed by atoms with Gasteiger partial charge in [0.05, 0.1) is 0 Å². The smallest absolute Gasteiger partial charge is 0.276 e. The Balaban J connectivity index is 1.53. The molecule has 1 aromatic heterocycles. The van der Waals surface area contributed by atoms with Gasteiger partial charge in [-0.1, -0.05) is 48.0 Å². The van der Waals surface area contributed by atoms with Gasteiger partial charge in [0.2, 0.25) is 0 Å². The highest BCUT2D eigenvalue weighted by molar-refractivity contribution is 6.30. The predicted octanol–water partition coefficient (Wildman–Crippen LogP) is 4.04. The van der Waals surface area contributed by atoms with Crippen molar-refractivity contribution in [1.82, 2.24) is 10.2 Å². The fraction of sp³-hybridized carbons (Fsp3) is 0.105. The molecule has 5 nitrogen and oxygen atoms in total. The molecule has 3 aromatic rings. The van der Waals surface area contributed by atoms with Crippen LogP contribution in [0.1, 0.15) is 16.1 Å². The van der Waals surface area contributed by atoms with Crippen LogP contribution in [0.2, 0.25) is 5.02 Å². The molecule has 0 fully saturated rings. The van der Waals surface area contributed by atoms with Crippen molar-refractivity contribution in [3.05, 3.63) is 83.0 Å². The van der Waals surface area contributed by atoms with E-state index >= 15 is 0 Å². The summed E-state index contributed by atoms with van der Waals surface area (Å²) < 4.78 is 0. The highest BCUT2D eigenvalue weighted by Gasteiger charge is 2.09. The van der Waals surface area contributed by atoms with Gasteiger partial charge in [-0.2, -0.15) is 0 Å². The fourth-order valence-corrected chi connectivity index (χ4v) is 2.48. The number of aromatic nitrogens is 2. The third-order valence-corrected chi connectivity index (χ3v) is 3.78. The molecule has 0 atom stereocenters. The molecule has 25 heavy (non-hydrogen) atoms. The van der Waals surface area contributed by atoms with Crippen molar-refractivity contribution in [2.24, 2.45) is 0 Å². The van der Waals surface area contributed by atoms with Gasteiger partial charge in [0.25, 0.3) is 5.91 Å². The summed E-state index contributed by atoms with van der Waals surface area (Å²) in [4.78, 5) is 12.2. The van der Waals surface area contributed by atoms with Crippen molar-refractivity contribution in [3.63, 3.8) is 0 Å². The van der Waals surface area contributed by atoms with E-state index in [9.17, 15) is 4.79 Å². The summed E-state index contributed by atoms with van der Waals surface area (Å²) in [5.74, 6) is 0.306. The molecule has 0 aliphatic carbocycles. The maximum absolute atomic E-state index is 12.2. The Morgan fingerprint density at radius 1 is 0.960 bits per heavy atom. The van der Waals surface area contributed by atoms with Gasteiger partial charge in [-0.25, -0.2) is 0 Å². The molecule has 1 heterocycles. The van der Waals surface area contributed by atoms with E-state index in [4.69, 9.17) is 11.6 Å². The van der Waals surface area contributed by atoms with Gasteiger partial charge in [-0.05, 0) is 42.3 Å². The minimum atomic E-state index is -0.328. The molecule has 0 bridgehead atoms. The molecule has 1 amide bonds. The molecule has 0 spiro atoms. The van der Waals surface area contributed by atoms with Crippen LogP contribution in [0.25, 0.3) is 0 Å². The number of nitrogens with one attached hydrogen (secondary N) is 2. The molecule has 0 saturated heterocycles. The van der Waals surface area contributed by atoms with Crippen molar-refractivity contribution in [2.45, 2.75) is 6.42 Å². The molecule has 0 unspecified atom stereocenters. The van der Waals surface area contributed by atoms with Crippen LogP contribution in [0.4, 0.5) is 11.5 Å². The van der Waals surface area contributed by atoms with Gasteiger partial charge in [0.15, 0.2) is 5.69 Å². The number of halogens is 1. The highest BCUT2D eigenvalue weighted by atomic mass is 35.5. The Kier molecular flexibility index (Phi) is 5.59. The fourth-order valence-electron chi connectivity index (χ4n) is 2.29. The maximum Gasteiger partial charge on any atom is 0.276 e. The van der Waals surface area contributed by atoms with Crippen molar-refractivity contribution >= 4 is 29.0 Å². The van der Waals surface area contributed by atoms with E-state index in [1.807, 2.05) is 18.2 Å². The summed E-state index contributed by atoms with van der Waals surface area (Å²) in [7, 11) is 0. The molecule has 126 valence electrons. The van der Waals surface area contributed by atoms with E-state index in [1.54, 1.807) is 36.4 Å². The second-order valence-electron chi connectivity index (χ2n) is 5.43. The standard InChI is InChI=1S/C19H17ClN4O/c20-15-7-4-8-16(13-15)22-19(25)17-9-10-18(24-23-17)21-12-11-14-5-2-1-3-6-14/h1-10,13H,11-12H2,(H,21,24)(H,22,25). The number of carbonyl (C=O) groups is 1. The number of nitrogens with zero attached hydrogens (tertiary/aromatic N) is 2. The summed E-state index contributed by atoms with van der Waals surface area (Å²) in [6, 6.07) is 20.5. The zero-order chi connectivity index (χ0) is 17.5. The largest absolute Gasteiger partial charge is 0.368 e. The molecular formula is C19H17ClN4O. The van der Waals surface area contributed by atoms with Crippen LogP contribution in [-0.4, -0.2) is 22.6 Å². The van der Waals surface area contributed by atoms with Crippen LogP contribution in [0, 0.1) is 0 Å². The van der Waals surface area contributed by atoms with E-state index in [1.165, 1.54) is 5.56 Å². The highest BCUT2D eigenvalue weighted by Crippen LogP contribution is 2.15. The summed E-state index contributed by atoms with van der Waals surface area (Å²) in [6.45, 7) is 0.743. The monoisotopic (exact) mass is 352 g/mol. The number of benzene rings is 2. The second-order valence-corrected chi connectivity index (χ2v) is 5.87. The summed E-state index contributed by atoms with van der Waals surface area (Å²) in [5, 5.41) is 14.5. The van der Waals surface area contributed by atoms with Crippen molar-refractivity contribution < 1.29 is 4.79 Å². The summed E-state index contributed by atoms with van der Waals surface area (Å²) in [6.07, 6.45) is 0.888. The first kappa shape index (κ1) is 16.9. The lowest BCUT2D eigenvalue weighted by atomic mass is 10.1. The molecule has 0 aliphatic rings. The first-order valence-corrected chi connectivity index (χ1v) is 8.27. The van der Waals surface area contributed by atoms with Crippen molar-refractivity contribution in [2.75, 3.05) is 17.2 Å².